The van der Waals surface area contributed by atoms with Crippen LogP contribution in [0.2, 0.25) is 0 Å². The van der Waals surface area contributed by atoms with E-state index >= 15 is 0 Å². The van der Waals surface area contributed by atoms with Crippen molar-refractivity contribution >= 4 is 33.0 Å². The number of rotatable bonds is 7. The Bertz CT molecular complexity index is 1180. The molecule has 2 aromatic carbocycles. The average molecular weight is 471 g/mol. The van der Waals surface area contributed by atoms with Crippen LogP contribution in [-0.4, -0.2) is 38.3 Å². The van der Waals surface area contributed by atoms with Gasteiger partial charge in [-0.3, -0.25) is 4.79 Å². The van der Waals surface area contributed by atoms with Crippen LogP contribution in [0.4, 0.5) is 5.69 Å². The molecule has 6 nitrogen and oxygen atoms in total. The number of hydrogen-bond donors (Lipinski definition) is 1. The minimum atomic E-state index is -3.44. The highest BCUT2D eigenvalue weighted by Crippen LogP contribution is 2.33. The van der Waals surface area contributed by atoms with Crippen molar-refractivity contribution < 1.29 is 17.9 Å². The highest BCUT2D eigenvalue weighted by atomic mass is 32.2. The van der Waals surface area contributed by atoms with Crippen LogP contribution in [0.25, 0.3) is 10.4 Å². The van der Waals surface area contributed by atoms with Crippen molar-refractivity contribution in [1.82, 2.24) is 4.31 Å². The number of thiophene rings is 1. The molecule has 0 radical (unpaired) electrons. The molecule has 0 unspecified atom stereocenters. The molecule has 32 heavy (non-hydrogen) atoms. The summed E-state index contributed by atoms with van der Waals surface area (Å²) in [5, 5.41) is 2.89. The first-order valence-corrected chi connectivity index (χ1v) is 13.0. The normalized spacial score (nSPS) is 14.8. The Balaban J connectivity index is 1.48. The van der Waals surface area contributed by atoms with E-state index < -0.39 is 10.0 Å². The number of ether oxygens (including phenoxy) is 1. The summed E-state index contributed by atoms with van der Waals surface area (Å²) in [7, 11) is -3.44. The fourth-order valence-electron chi connectivity index (χ4n) is 3.68. The fourth-order valence-corrected chi connectivity index (χ4v) is 6.66. The summed E-state index contributed by atoms with van der Waals surface area (Å²) >= 11 is 1.26. The van der Waals surface area contributed by atoms with E-state index in [1.165, 1.54) is 11.3 Å². The third kappa shape index (κ3) is 4.87. The van der Waals surface area contributed by atoms with Gasteiger partial charge in [0.2, 0.25) is 0 Å². The Morgan fingerprint density at radius 1 is 1.00 bits per heavy atom. The molecule has 1 aliphatic rings. The van der Waals surface area contributed by atoms with E-state index in [1.54, 1.807) is 28.6 Å². The minimum Gasteiger partial charge on any atom is -0.492 e. The molecule has 1 saturated heterocycles. The van der Waals surface area contributed by atoms with Gasteiger partial charge in [0.1, 0.15) is 9.96 Å². The number of amides is 1. The van der Waals surface area contributed by atoms with Crippen molar-refractivity contribution in [2.24, 2.45) is 0 Å². The Labute approximate surface area is 192 Å². The monoisotopic (exact) mass is 470 g/mol. The van der Waals surface area contributed by atoms with Crippen molar-refractivity contribution in [3.8, 4) is 16.2 Å². The van der Waals surface area contributed by atoms with Gasteiger partial charge in [0.05, 0.1) is 12.3 Å². The van der Waals surface area contributed by atoms with Crippen LogP contribution in [0.5, 0.6) is 5.75 Å². The van der Waals surface area contributed by atoms with Crippen LogP contribution in [0.1, 0.15) is 36.5 Å². The molecule has 3 aromatic rings. The molecular formula is C24H26N2O4S2. The van der Waals surface area contributed by atoms with E-state index in [0.29, 0.717) is 40.9 Å². The number of nitrogens with zero attached hydrogens (tertiary/aromatic N) is 1. The van der Waals surface area contributed by atoms with E-state index in [1.807, 2.05) is 43.3 Å². The number of carbonyl (C=O) groups excluding carboxylic acids is 1. The van der Waals surface area contributed by atoms with Crippen LogP contribution < -0.4 is 10.1 Å². The zero-order chi connectivity index (χ0) is 22.6. The van der Waals surface area contributed by atoms with E-state index in [-0.39, 0.29) is 5.91 Å². The third-order valence-electron chi connectivity index (χ3n) is 5.36. The molecular weight excluding hydrogens is 444 g/mol. The first-order valence-electron chi connectivity index (χ1n) is 10.7. The number of para-hydroxylation sites is 2. The summed E-state index contributed by atoms with van der Waals surface area (Å²) in [5.74, 6) is 0.393. The molecule has 0 atom stereocenters. The molecule has 0 bridgehead atoms. The lowest BCUT2D eigenvalue weighted by molar-refractivity contribution is 0.102. The number of nitrogens with one attached hydrogen (secondary N) is 1. The first kappa shape index (κ1) is 22.5. The molecule has 1 amide bonds. The number of anilines is 1. The third-order valence-corrected chi connectivity index (χ3v) is 8.86. The lowest BCUT2D eigenvalue weighted by atomic mass is 10.1. The van der Waals surface area contributed by atoms with Crippen LogP contribution in [0.15, 0.2) is 64.9 Å². The summed E-state index contributed by atoms with van der Waals surface area (Å²) in [6.45, 7) is 3.58. The van der Waals surface area contributed by atoms with Crippen LogP contribution in [0, 0.1) is 0 Å². The molecule has 1 aromatic heterocycles. The van der Waals surface area contributed by atoms with Crippen molar-refractivity contribution in [2.75, 3.05) is 25.0 Å². The number of sulfonamides is 1. The van der Waals surface area contributed by atoms with Crippen molar-refractivity contribution in [1.29, 1.82) is 0 Å². The quantitative estimate of drug-likeness (QED) is 0.512. The van der Waals surface area contributed by atoms with Gasteiger partial charge in [-0.15, -0.1) is 11.3 Å². The lowest BCUT2D eigenvalue weighted by Gasteiger charge is -2.25. The number of carbonyl (C=O) groups is 1. The summed E-state index contributed by atoms with van der Waals surface area (Å²) in [6, 6.07) is 18.0. The largest absolute Gasteiger partial charge is 0.492 e. The molecule has 168 valence electrons. The van der Waals surface area contributed by atoms with E-state index in [2.05, 4.69) is 5.32 Å². The van der Waals surface area contributed by atoms with Crippen molar-refractivity contribution in [3.05, 3.63) is 66.2 Å². The van der Waals surface area contributed by atoms with Gasteiger partial charge >= 0.3 is 0 Å². The molecule has 8 heteroatoms. The van der Waals surface area contributed by atoms with Gasteiger partial charge in [0, 0.05) is 23.5 Å². The van der Waals surface area contributed by atoms with Gasteiger partial charge in [-0.05, 0) is 61.7 Å². The van der Waals surface area contributed by atoms with E-state index in [0.717, 1.165) is 29.7 Å². The smallest absolute Gasteiger partial charge is 0.255 e. The Kier molecular flexibility index (Phi) is 6.93. The van der Waals surface area contributed by atoms with Gasteiger partial charge in [-0.25, -0.2) is 8.42 Å². The zero-order valence-corrected chi connectivity index (χ0v) is 19.5. The molecule has 0 aliphatic carbocycles. The fraction of sp³-hybridized carbons (Fsp3) is 0.292. The molecule has 2 heterocycles. The van der Waals surface area contributed by atoms with E-state index in [4.69, 9.17) is 4.74 Å². The highest BCUT2D eigenvalue weighted by molar-refractivity contribution is 7.91. The van der Waals surface area contributed by atoms with Gasteiger partial charge in [0.25, 0.3) is 15.9 Å². The highest BCUT2D eigenvalue weighted by Gasteiger charge is 2.27. The Hall–Kier alpha value is -2.68. The van der Waals surface area contributed by atoms with Crippen molar-refractivity contribution in [3.63, 3.8) is 0 Å². The molecule has 1 N–H and O–H groups in total. The molecule has 4 rings (SSSR count). The molecule has 1 aliphatic heterocycles. The SMILES string of the molecule is CCOc1ccccc1NC(=O)c1ccc(-c2ccc(S(=O)(=O)N3CCCCC3)s2)cc1. The topological polar surface area (TPSA) is 75.7 Å². The Morgan fingerprint density at radius 3 is 2.44 bits per heavy atom. The summed E-state index contributed by atoms with van der Waals surface area (Å²) in [5.41, 5.74) is 2.01. The Morgan fingerprint density at radius 2 is 1.72 bits per heavy atom. The average Bonchev–Trinajstić information content (AvgIpc) is 3.32. The summed E-state index contributed by atoms with van der Waals surface area (Å²) in [6.07, 6.45) is 2.91. The second-order valence-corrected chi connectivity index (χ2v) is 10.8. The predicted molar refractivity (Wildman–Crippen MR) is 128 cm³/mol. The molecule has 0 spiro atoms. The first-order chi connectivity index (χ1) is 15.5. The lowest BCUT2D eigenvalue weighted by Crippen LogP contribution is -2.35. The summed E-state index contributed by atoms with van der Waals surface area (Å²) in [4.78, 5) is 13.5. The second-order valence-electron chi connectivity index (χ2n) is 7.54. The zero-order valence-electron chi connectivity index (χ0n) is 17.9. The van der Waals surface area contributed by atoms with Gasteiger partial charge in [-0.2, -0.15) is 4.31 Å². The van der Waals surface area contributed by atoms with Crippen molar-refractivity contribution in [2.45, 2.75) is 30.4 Å². The summed E-state index contributed by atoms with van der Waals surface area (Å²) < 4.78 is 33.3. The van der Waals surface area contributed by atoms with Crippen LogP contribution >= 0.6 is 11.3 Å². The maximum Gasteiger partial charge on any atom is 0.255 e. The number of piperidine rings is 1. The maximum atomic E-state index is 12.9. The van der Waals surface area contributed by atoms with Gasteiger partial charge in [-0.1, -0.05) is 30.7 Å². The van der Waals surface area contributed by atoms with E-state index in [9.17, 15) is 13.2 Å². The second kappa shape index (κ2) is 9.85. The predicted octanol–water partition coefficient (Wildman–Crippen LogP) is 5.24. The maximum absolute atomic E-state index is 12.9. The van der Waals surface area contributed by atoms with Gasteiger partial charge in [0.15, 0.2) is 0 Å². The van der Waals surface area contributed by atoms with Gasteiger partial charge < -0.3 is 10.1 Å². The van der Waals surface area contributed by atoms with Crippen LogP contribution in [0.3, 0.4) is 0 Å². The number of benzene rings is 2. The van der Waals surface area contributed by atoms with Crippen LogP contribution in [-0.2, 0) is 10.0 Å². The molecule has 1 fully saturated rings. The number of hydrogen-bond acceptors (Lipinski definition) is 5. The standard InChI is InChI=1S/C24H26N2O4S2/c1-2-30-21-9-5-4-8-20(21)25-24(27)19-12-10-18(11-13-19)22-14-15-23(31-22)32(28,29)26-16-6-3-7-17-26/h4-5,8-15H,2-3,6-7,16-17H2,1H3,(H,25,27). The minimum absolute atomic E-state index is 0.233. The molecule has 0 saturated carbocycles.